The lowest BCUT2D eigenvalue weighted by Crippen LogP contribution is -2.06. The van der Waals surface area contributed by atoms with Crippen LogP contribution in [-0.4, -0.2) is 7.05 Å². The van der Waals surface area contributed by atoms with Crippen molar-refractivity contribution in [1.29, 1.82) is 0 Å². The van der Waals surface area contributed by atoms with Crippen LogP contribution in [0.3, 0.4) is 0 Å². The summed E-state index contributed by atoms with van der Waals surface area (Å²) in [7, 11) is 1.88. The summed E-state index contributed by atoms with van der Waals surface area (Å²) < 4.78 is 14.5. The van der Waals surface area contributed by atoms with Crippen LogP contribution < -0.4 is 5.32 Å². The molecule has 0 fully saturated rings. The van der Waals surface area contributed by atoms with Crippen molar-refractivity contribution in [3.05, 3.63) is 58.3 Å². The minimum Gasteiger partial charge on any atom is -0.316 e. The van der Waals surface area contributed by atoms with Gasteiger partial charge >= 0.3 is 0 Å². The van der Waals surface area contributed by atoms with Crippen LogP contribution in [-0.2, 0) is 6.54 Å². The van der Waals surface area contributed by atoms with E-state index < -0.39 is 0 Å². The molecular weight excluding hydrogens is 281 g/mol. The van der Waals surface area contributed by atoms with Gasteiger partial charge in [-0.15, -0.1) is 0 Å². The van der Waals surface area contributed by atoms with Crippen molar-refractivity contribution in [2.45, 2.75) is 6.54 Å². The molecule has 0 aliphatic rings. The summed E-state index contributed by atoms with van der Waals surface area (Å²) >= 11 is 3.22. The van der Waals surface area contributed by atoms with Gasteiger partial charge in [0.1, 0.15) is 5.82 Å². The highest BCUT2D eigenvalue weighted by atomic mass is 79.9. The van der Waals surface area contributed by atoms with E-state index in [1.54, 1.807) is 12.1 Å². The van der Waals surface area contributed by atoms with Crippen LogP contribution in [0.1, 0.15) is 5.56 Å². The third kappa shape index (κ3) is 2.56. The summed E-state index contributed by atoms with van der Waals surface area (Å²) in [6.45, 7) is 0.724. The van der Waals surface area contributed by atoms with E-state index in [4.69, 9.17) is 0 Å². The van der Waals surface area contributed by atoms with Crippen molar-refractivity contribution < 1.29 is 4.39 Å². The molecule has 17 heavy (non-hydrogen) atoms. The van der Waals surface area contributed by atoms with Crippen molar-refractivity contribution in [2.75, 3.05) is 7.05 Å². The average Bonchev–Trinajstić information content (AvgIpc) is 2.34. The second-order valence-corrected chi connectivity index (χ2v) is 4.64. The Hall–Kier alpha value is -1.19. The maximum Gasteiger partial charge on any atom is 0.145 e. The quantitative estimate of drug-likeness (QED) is 0.903. The molecular formula is C14H13BrFN. The van der Waals surface area contributed by atoms with Crippen molar-refractivity contribution in [1.82, 2.24) is 5.32 Å². The van der Waals surface area contributed by atoms with E-state index in [1.807, 2.05) is 37.4 Å². The van der Waals surface area contributed by atoms with Crippen LogP contribution in [0.15, 0.2) is 46.9 Å². The number of halogens is 2. The summed E-state index contributed by atoms with van der Waals surface area (Å²) in [4.78, 5) is 0. The van der Waals surface area contributed by atoms with Crippen LogP contribution in [0, 0.1) is 5.82 Å². The zero-order valence-electron chi connectivity index (χ0n) is 9.50. The van der Waals surface area contributed by atoms with E-state index in [0.717, 1.165) is 17.7 Å². The van der Waals surface area contributed by atoms with Crippen molar-refractivity contribution in [3.8, 4) is 11.1 Å². The van der Waals surface area contributed by atoms with Gasteiger partial charge in [0, 0.05) is 12.1 Å². The highest BCUT2D eigenvalue weighted by molar-refractivity contribution is 9.10. The van der Waals surface area contributed by atoms with Gasteiger partial charge in [0.15, 0.2) is 0 Å². The summed E-state index contributed by atoms with van der Waals surface area (Å²) in [5.74, 6) is -0.212. The van der Waals surface area contributed by atoms with Crippen molar-refractivity contribution in [2.24, 2.45) is 0 Å². The van der Waals surface area contributed by atoms with Crippen LogP contribution in [0.5, 0.6) is 0 Å². The molecule has 2 aromatic rings. The molecule has 0 aromatic heterocycles. The van der Waals surface area contributed by atoms with Gasteiger partial charge in [0.05, 0.1) is 4.47 Å². The molecule has 0 spiro atoms. The summed E-state index contributed by atoms with van der Waals surface area (Å²) in [5, 5.41) is 3.09. The predicted molar refractivity (Wildman–Crippen MR) is 72.3 cm³/mol. The van der Waals surface area contributed by atoms with E-state index >= 15 is 0 Å². The number of hydrogen-bond acceptors (Lipinski definition) is 1. The van der Waals surface area contributed by atoms with Crippen molar-refractivity contribution in [3.63, 3.8) is 0 Å². The Morgan fingerprint density at radius 2 is 1.76 bits per heavy atom. The third-order valence-electron chi connectivity index (χ3n) is 2.63. The summed E-state index contributed by atoms with van der Waals surface area (Å²) in [5.41, 5.74) is 2.65. The molecule has 88 valence electrons. The standard InChI is InChI=1S/C14H13BrFN/c1-17-9-10-5-2-3-6-11(10)12-7-4-8-13(15)14(12)16/h2-8,17H,9H2,1H3. The van der Waals surface area contributed by atoms with Gasteiger partial charge in [0.25, 0.3) is 0 Å². The molecule has 0 amide bonds. The highest BCUT2D eigenvalue weighted by Gasteiger charge is 2.10. The van der Waals surface area contributed by atoms with E-state index in [1.165, 1.54) is 0 Å². The Kier molecular flexibility index (Phi) is 3.92. The summed E-state index contributed by atoms with van der Waals surface area (Å²) in [6, 6.07) is 13.2. The van der Waals surface area contributed by atoms with E-state index in [9.17, 15) is 4.39 Å². The monoisotopic (exact) mass is 293 g/mol. The van der Waals surface area contributed by atoms with Crippen LogP contribution in [0.25, 0.3) is 11.1 Å². The number of rotatable bonds is 3. The van der Waals surface area contributed by atoms with Crippen molar-refractivity contribution >= 4 is 15.9 Å². The smallest absolute Gasteiger partial charge is 0.145 e. The van der Waals surface area contributed by atoms with E-state index in [0.29, 0.717) is 10.0 Å². The molecule has 0 heterocycles. The highest BCUT2D eigenvalue weighted by Crippen LogP contribution is 2.30. The Bertz CT molecular complexity index is 525. The first-order valence-electron chi connectivity index (χ1n) is 5.41. The van der Waals surface area contributed by atoms with Crippen LogP contribution in [0.2, 0.25) is 0 Å². The topological polar surface area (TPSA) is 12.0 Å². The minimum absolute atomic E-state index is 0.212. The number of benzene rings is 2. The fourth-order valence-corrected chi connectivity index (χ4v) is 2.21. The molecule has 0 bridgehead atoms. The second kappa shape index (κ2) is 5.43. The van der Waals surface area contributed by atoms with Crippen LogP contribution in [0.4, 0.5) is 4.39 Å². The lowest BCUT2D eigenvalue weighted by Gasteiger charge is -2.10. The molecule has 0 saturated carbocycles. The molecule has 0 aliphatic carbocycles. The lowest BCUT2D eigenvalue weighted by molar-refractivity contribution is 0.624. The largest absolute Gasteiger partial charge is 0.316 e. The fraction of sp³-hybridized carbons (Fsp3) is 0.143. The zero-order chi connectivity index (χ0) is 12.3. The molecule has 2 rings (SSSR count). The third-order valence-corrected chi connectivity index (χ3v) is 3.24. The van der Waals surface area contributed by atoms with Gasteiger partial charge in [-0.2, -0.15) is 0 Å². The van der Waals surface area contributed by atoms with Gasteiger partial charge in [0.2, 0.25) is 0 Å². The SMILES string of the molecule is CNCc1ccccc1-c1cccc(Br)c1F. The van der Waals surface area contributed by atoms with Gasteiger partial charge in [-0.25, -0.2) is 4.39 Å². The number of hydrogen-bond donors (Lipinski definition) is 1. The summed E-state index contributed by atoms with van der Waals surface area (Å²) in [6.07, 6.45) is 0. The first-order chi connectivity index (χ1) is 8.24. The molecule has 0 aliphatic heterocycles. The zero-order valence-corrected chi connectivity index (χ0v) is 11.1. The minimum atomic E-state index is -0.212. The molecule has 1 N–H and O–H groups in total. The van der Waals surface area contributed by atoms with E-state index in [-0.39, 0.29) is 5.82 Å². The molecule has 1 nitrogen and oxygen atoms in total. The van der Waals surface area contributed by atoms with Gasteiger partial charge in [-0.3, -0.25) is 0 Å². The molecule has 0 atom stereocenters. The number of nitrogens with one attached hydrogen (secondary N) is 1. The van der Waals surface area contributed by atoms with E-state index in [2.05, 4.69) is 21.2 Å². The maximum absolute atomic E-state index is 14.0. The average molecular weight is 294 g/mol. The van der Waals surface area contributed by atoms with Gasteiger partial charge < -0.3 is 5.32 Å². The Morgan fingerprint density at radius 1 is 1.06 bits per heavy atom. The molecule has 0 unspecified atom stereocenters. The lowest BCUT2D eigenvalue weighted by atomic mass is 9.99. The first kappa shape index (κ1) is 12.3. The predicted octanol–water partition coefficient (Wildman–Crippen LogP) is 3.97. The first-order valence-corrected chi connectivity index (χ1v) is 6.20. The second-order valence-electron chi connectivity index (χ2n) is 3.79. The molecule has 2 aromatic carbocycles. The fourth-order valence-electron chi connectivity index (χ4n) is 1.84. The molecule has 0 saturated heterocycles. The Balaban J connectivity index is 2.56. The van der Waals surface area contributed by atoms with Crippen LogP contribution >= 0.6 is 15.9 Å². The Labute approximate surface area is 109 Å². The Morgan fingerprint density at radius 3 is 2.53 bits per heavy atom. The molecule has 0 radical (unpaired) electrons. The normalized spacial score (nSPS) is 10.5. The molecule has 3 heteroatoms. The van der Waals surface area contributed by atoms with Gasteiger partial charge in [-0.05, 0) is 40.2 Å². The van der Waals surface area contributed by atoms with Gasteiger partial charge in [-0.1, -0.05) is 36.4 Å². The maximum atomic E-state index is 14.0.